The third-order valence-electron chi connectivity index (χ3n) is 5.89. The molecule has 0 radical (unpaired) electrons. The molecule has 156 valence electrons. The number of hydrogen-bond acceptors (Lipinski definition) is 3. The van der Waals surface area contributed by atoms with Gasteiger partial charge in [-0.3, -0.25) is 5.01 Å². The molecule has 0 amide bonds. The molecule has 0 aliphatic carbocycles. The van der Waals surface area contributed by atoms with Gasteiger partial charge < -0.3 is 9.30 Å². The molecule has 0 N–H and O–H groups in total. The fraction of sp³-hybridized carbons (Fsp3) is 0.107. The number of anilines is 1. The summed E-state index contributed by atoms with van der Waals surface area (Å²) < 4.78 is 7.77. The largest absolute Gasteiger partial charge is 0.371 e. The van der Waals surface area contributed by atoms with E-state index >= 15 is 0 Å². The Kier molecular flexibility index (Phi) is 4.70. The lowest BCUT2D eigenvalue weighted by Crippen LogP contribution is -2.22. The Morgan fingerprint density at radius 1 is 0.812 bits per heavy atom. The van der Waals surface area contributed by atoms with Crippen LogP contribution in [0.15, 0.2) is 108 Å². The molecule has 1 fully saturated rings. The normalized spacial score (nSPS) is 15.6. The minimum atomic E-state index is 0.263. The second-order valence-corrected chi connectivity index (χ2v) is 8.08. The van der Waals surface area contributed by atoms with Crippen molar-refractivity contribution in [1.82, 2.24) is 4.57 Å². The molecule has 1 aliphatic heterocycles. The number of aromatic nitrogens is 1. The van der Waals surface area contributed by atoms with Crippen molar-refractivity contribution in [2.75, 3.05) is 18.2 Å². The molecule has 4 aromatic carbocycles. The Morgan fingerprint density at radius 3 is 2.28 bits per heavy atom. The Balaban J connectivity index is 1.42. The smallest absolute Gasteiger partial charge is 0.101 e. The molecule has 1 aromatic heterocycles. The first kappa shape index (κ1) is 18.8. The van der Waals surface area contributed by atoms with Crippen molar-refractivity contribution < 1.29 is 4.74 Å². The fourth-order valence-electron chi connectivity index (χ4n) is 4.25. The molecule has 32 heavy (non-hydrogen) atoms. The molecule has 0 saturated carbocycles. The molecule has 6 rings (SSSR count). The van der Waals surface area contributed by atoms with Gasteiger partial charge in [-0.25, -0.2) is 0 Å². The minimum Gasteiger partial charge on any atom is -0.371 e. The lowest BCUT2D eigenvalue weighted by molar-refractivity contribution is 0.408. The van der Waals surface area contributed by atoms with Gasteiger partial charge in [0.05, 0.1) is 36.1 Å². The van der Waals surface area contributed by atoms with E-state index in [2.05, 4.69) is 89.5 Å². The Labute approximate surface area is 187 Å². The molecule has 2 heterocycles. The molecule has 0 bridgehead atoms. The van der Waals surface area contributed by atoms with Crippen LogP contribution in [0.5, 0.6) is 0 Å². The maximum atomic E-state index is 5.44. The monoisotopic (exact) mass is 417 g/mol. The highest BCUT2D eigenvalue weighted by molar-refractivity contribution is 6.10. The SMILES string of the molecule is C(=N\N(CC1CO1)c1ccccc1)/c1ccc2c(c1)c1ccccc1n2-c1ccccc1. The average Bonchev–Trinajstić information content (AvgIpc) is 3.62. The number of para-hydroxylation sites is 3. The zero-order valence-corrected chi connectivity index (χ0v) is 17.6. The Hall–Kier alpha value is -3.89. The second-order valence-electron chi connectivity index (χ2n) is 8.08. The van der Waals surface area contributed by atoms with Crippen LogP contribution in [-0.2, 0) is 4.74 Å². The molecular formula is C28H23N3O. The molecule has 4 nitrogen and oxygen atoms in total. The second kappa shape index (κ2) is 7.98. The van der Waals surface area contributed by atoms with E-state index in [-0.39, 0.29) is 6.10 Å². The number of hydrogen-bond donors (Lipinski definition) is 0. The summed E-state index contributed by atoms with van der Waals surface area (Å²) in [5.74, 6) is 0. The average molecular weight is 418 g/mol. The summed E-state index contributed by atoms with van der Waals surface area (Å²) in [6.07, 6.45) is 2.21. The molecule has 5 aromatic rings. The molecule has 1 saturated heterocycles. The van der Waals surface area contributed by atoms with Crippen LogP contribution >= 0.6 is 0 Å². The maximum absolute atomic E-state index is 5.44. The quantitative estimate of drug-likeness (QED) is 0.192. The van der Waals surface area contributed by atoms with E-state index in [9.17, 15) is 0 Å². The van der Waals surface area contributed by atoms with Gasteiger partial charge in [-0.1, -0.05) is 60.7 Å². The van der Waals surface area contributed by atoms with Gasteiger partial charge >= 0.3 is 0 Å². The van der Waals surface area contributed by atoms with Crippen LogP contribution in [0.3, 0.4) is 0 Å². The number of nitrogens with zero attached hydrogens (tertiary/aromatic N) is 3. The van der Waals surface area contributed by atoms with Gasteiger partial charge in [-0.05, 0) is 48.0 Å². The van der Waals surface area contributed by atoms with Gasteiger partial charge in [0.2, 0.25) is 0 Å². The van der Waals surface area contributed by atoms with Crippen LogP contribution in [-0.4, -0.2) is 30.0 Å². The van der Waals surface area contributed by atoms with Crippen LogP contribution in [0.1, 0.15) is 5.56 Å². The zero-order valence-electron chi connectivity index (χ0n) is 17.6. The predicted molar refractivity (Wildman–Crippen MR) is 132 cm³/mol. The summed E-state index contributed by atoms with van der Waals surface area (Å²) in [5, 5.41) is 9.31. The molecule has 1 aliphatic rings. The van der Waals surface area contributed by atoms with Crippen LogP contribution in [0.25, 0.3) is 27.5 Å². The first-order chi connectivity index (χ1) is 15.9. The van der Waals surface area contributed by atoms with E-state index in [0.29, 0.717) is 0 Å². The Morgan fingerprint density at radius 2 is 1.50 bits per heavy atom. The van der Waals surface area contributed by atoms with E-state index in [1.54, 1.807) is 0 Å². The molecule has 1 unspecified atom stereocenters. The summed E-state index contributed by atoms with van der Waals surface area (Å²) in [5.41, 5.74) is 5.72. The highest BCUT2D eigenvalue weighted by Crippen LogP contribution is 2.32. The van der Waals surface area contributed by atoms with Crippen molar-refractivity contribution in [1.29, 1.82) is 0 Å². The number of benzene rings is 4. The third-order valence-corrected chi connectivity index (χ3v) is 5.89. The lowest BCUT2D eigenvalue weighted by Gasteiger charge is -2.17. The highest BCUT2D eigenvalue weighted by Gasteiger charge is 2.25. The van der Waals surface area contributed by atoms with E-state index in [0.717, 1.165) is 24.4 Å². The van der Waals surface area contributed by atoms with Gasteiger partial charge in [-0.2, -0.15) is 5.10 Å². The van der Waals surface area contributed by atoms with Crippen LogP contribution in [0.2, 0.25) is 0 Å². The topological polar surface area (TPSA) is 33.1 Å². The van der Waals surface area contributed by atoms with Crippen LogP contribution in [0, 0.1) is 0 Å². The van der Waals surface area contributed by atoms with Crippen molar-refractivity contribution in [2.24, 2.45) is 5.10 Å². The van der Waals surface area contributed by atoms with Crippen molar-refractivity contribution in [3.8, 4) is 5.69 Å². The number of rotatable bonds is 6. The van der Waals surface area contributed by atoms with Crippen molar-refractivity contribution in [3.05, 3.63) is 109 Å². The highest BCUT2D eigenvalue weighted by atomic mass is 16.6. The summed E-state index contributed by atoms with van der Waals surface area (Å²) in [7, 11) is 0. The Bertz CT molecular complexity index is 1400. The van der Waals surface area contributed by atoms with Crippen molar-refractivity contribution in [3.63, 3.8) is 0 Å². The first-order valence-corrected chi connectivity index (χ1v) is 10.9. The predicted octanol–water partition coefficient (Wildman–Crippen LogP) is 6.02. The third kappa shape index (κ3) is 3.55. The zero-order chi connectivity index (χ0) is 21.3. The number of hydrazone groups is 1. The van der Waals surface area contributed by atoms with Crippen LogP contribution in [0.4, 0.5) is 5.69 Å². The van der Waals surface area contributed by atoms with Gasteiger partial charge in [0.25, 0.3) is 0 Å². The summed E-state index contributed by atoms with van der Waals surface area (Å²) in [6.45, 7) is 1.57. The van der Waals surface area contributed by atoms with Crippen molar-refractivity contribution >= 4 is 33.7 Å². The fourth-order valence-corrected chi connectivity index (χ4v) is 4.25. The van der Waals surface area contributed by atoms with Gasteiger partial charge in [0.1, 0.15) is 6.10 Å². The van der Waals surface area contributed by atoms with Crippen LogP contribution < -0.4 is 5.01 Å². The van der Waals surface area contributed by atoms with Crippen molar-refractivity contribution in [2.45, 2.75) is 6.10 Å². The maximum Gasteiger partial charge on any atom is 0.101 e. The van der Waals surface area contributed by atoms with E-state index in [1.807, 2.05) is 29.4 Å². The van der Waals surface area contributed by atoms with Gasteiger partial charge in [-0.15, -0.1) is 0 Å². The molecule has 0 spiro atoms. The van der Waals surface area contributed by atoms with Gasteiger partial charge in [0, 0.05) is 16.5 Å². The number of ether oxygens (including phenoxy) is 1. The summed E-state index contributed by atoms with van der Waals surface area (Å²) in [4.78, 5) is 0. The molecule has 4 heteroatoms. The van der Waals surface area contributed by atoms with E-state index in [4.69, 9.17) is 9.84 Å². The van der Waals surface area contributed by atoms with Gasteiger partial charge in [0.15, 0.2) is 0 Å². The summed E-state index contributed by atoms with van der Waals surface area (Å²) in [6, 6.07) is 35.9. The minimum absolute atomic E-state index is 0.263. The molecule has 1 atom stereocenters. The summed E-state index contributed by atoms with van der Waals surface area (Å²) >= 11 is 0. The first-order valence-electron chi connectivity index (χ1n) is 10.9. The van der Waals surface area contributed by atoms with E-state index in [1.165, 1.54) is 27.5 Å². The van der Waals surface area contributed by atoms with E-state index < -0.39 is 0 Å². The number of fused-ring (bicyclic) bond motifs is 3. The number of epoxide rings is 1. The lowest BCUT2D eigenvalue weighted by atomic mass is 10.1. The standard InChI is InChI=1S/C28H23N3O/c1-3-9-22(10-4-1)30(19-24-20-32-24)29-18-21-15-16-28-26(17-21)25-13-7-8-14-27(25)31(28)23-11-5-2-6-12-23/h1-18,24H,19-20H2/b29-18+. The molecular weight excluding hydrogens is 394 g/mol.